The molecule has 0 aromatic heterocycles. The molecule has 1 aromatic carbocycles. The number of ketones is 2. The minimum absolute atomic E-state index is 0.166. The van der Waals surface area contributed by atoms with Gasteiger partial charge in [-0.15, -0.1) is 11.6 Å². The van der Waals surface area contributed by atoms with Gasteiger partial charge in [0.15, 0.2) is 5.78 Å². The third-order valence-corrected chi connectivity index (χ3v) is 3.33. The van der Waals surface area contributed by atoms with Crippen LogP contribution in [0.3, 0.4) is 0 Å². The van der Waals surface area contributed by atoms with Crippen molar-refractivity contribution in [2.45, 2.75) is 11.9 Å². The molecule has 0 saturated carbocycles. The van der Waals surface area contributed by atoms with Gasteiger partial charge in [0, 0.05) is 0 Å². The van der Waals surface area contributed by atoms with E-state index in [1.165, 1.54) is 0 Å². The number of aliphatic imine (C=N–C) groups is 1. The summed E-state index contributed by atoms with van der Waals surface area (Å²) >= 11 is 5.89. The number of carbonyl (C=O) groups excluding carboxylic acids is 2. The highest BCUT2D eigenvalue weighted by atomic mass is 35.5. The number of nitrogens with zero attached hydrogens (tertiary/aromatic N) is 3. The lowest BCUT2D eigenvalue weighted by molar-refractivity contribution is -0.116. The Morgan fingerprint density at radius 3 is 2.29 bits per heavy atom. The van der Waals surface area contributed by atoms with Crippen molar-refractivity contribution in [3.8, 4) is 12.1 Å². The number of hydrogen-bond acceptors (Lipinski definition) is 5. The number of alkyl halides is 1. The Labute approximate surface area is 125 Å². The summed E-state index contributed by atoms with van der Waals surface area (Å²) in [6.45, 7) is 0.166. The van der Waals surface area contributed by atoms with E-state index in [0.717, 1.165) is 5.56 Å². The van der Waals surface area contributed by atoms with Gasteiger partial charge in [0.05, 0.1) is 6.54 Å². The molecule has 0 spiro atoms. The van der Waals surface area contributed by atoms with Crippen molar-refractivity contribution >= 4 is 28.9 Å². The zero-order valence-corrected chi connectivity index (χ0v) is 11.5. The van der Waals surface area contributed by atoms with E-state index in [0.29, 0.717) is 0 Å². The zero-order chi connectivity index (χ0) is 15.4. The molecule has 6 heteroatoms. The van der Waals surface area contributed by atoms with Crippen LogP contribution in [-0.2, 0) is 16.1 Å². The first-order valence-corrected chi connectivity index (χ1v) is 6.39. The summed E-state index contributed by atoms with van der Waals surface area (Å²) in [6, 6.07) is 12.2. The van der Waals surface area contributed by atoms with Gasteiger partial charge in [-0.05, 0) is 5.56 Å². The summed E-state index contributed by atoms with van der Waals surface area (Å²) in [4.78, 5) is 28.1. The fraction of sp³-hybridized carbons (Fsp3) is 0.133. The number of carbonyl (C=O) groups is 2. The second-order valence-corrected chi connectivity index (χ2v) is 4.65. The molecule has 0 fully saturated rings. The smallest absolute Gasteiger partial charge is 0.220 e. The lowest BCUT2D eigenvalue weighted by Crippen LogP contribution is -2.39. The van der Waals surface area contributed by atoms with Crippen LogP contribution in [0.1, 0.15) is 5.56 Å². The summed E-state index contributed by atoms with van der Waals surface area (Å²) in [5.74, 6) is -1.52. The zero-order valence-electron chi connectivity index (χ0n) is 10.7. The second-order valence-electron chi connectivity index (χ2n) is 4.22. The molecule has 0 radical (unpaired) electrons. The number of allylic oxidation sites excluding steroid dienone is 2. The predicted octanol–water partition coefficient (Wildman–Crippen LogP) is 1.73. The number of benzene rings is 1. The molecule has 5 nitrogen and oxygen atoms in total. The van der Waals surface area contributed by atoms with Crippen molar-refractivity contribution in [3.63, 3.8) is 0 Å². The van der Waals surface area contributed by atoms with Gasteiger partial charge in [-0.25, -0.2) is 0 Å². The van der Waals surface area contributed by atoms with Crippen LogP contribution in [0.2, 0.25) is 0 Å². The van der Waals surface area contributed by atoms with Crippen molar-refractivity contribution in [1.82, 2.24) is 0 Å². The molecule has 0 heterocycles. The standard InChI is InChI=1S/C15H8ClN3O2/c16-12-13(19-8-9-4-2-1-3-5-9)15(21)11(7-18)10(6-17)14(12)20/h1-5,12H,8H2. The van der Waals surface area contributed by atoms with Crippen LogP contribution in [0, 0.1) is 22.7 Å². The number of hydrogen-bond donors (Lipinski definition) is 0. The SMILES string of the molecule is N#CC1=C(C#N)C(=O)C(Cl)C(=NCc2ccccc2)C1=O. The molecular formula is C15H8ClN3O2. The Kier molecular flexibility index (Phi) is 4.27. The monoisotopic (exact) mass is 297 g/mol. The van der Waals surface area contributed by atoms with Gasteiger partial charge in [-0.2, -0.15) is 10.5 Å². The predicted molar refractivity (Wildman–Crippen MR) is 75.5 cm³/mol. The summed E-state index contributed by atoms with van der Waals surface area (Å²) in [7, 11) is 0. The van der Waals surface area contributed by atoms with E-state index in [9.17, 15) is 9.59 Å². The minimum Gasteiger partial charge on any atom is -0.291 e. The molecule has 1 unspecified atom stereocenters. The Balaban J connectivity index is 2.40. The van der Waals surface area contributed by atoms with E-state index >= 15 is 0 Å². The average molecular weight is 298 g/mol. The number of Topliss-reactive ketones (excluding diaryl/α,β-unsaturated/α-hetero) is 2. The topological polar surface area (TPSA) is 94.1 Å². The third-order valence-electron chi connectivity index (χ3n) is 2.92. The number of halogens is 1. The molecule has 0 aliphatic heterocycles. The van der Waals surface area contributed by atoms with E-state index in [-0.39, 0.29) is 12.3 Å². The van der Waals surface area contributed by atoms with Gasteiger partial charge in [-0.1, -0.05) is 30.3 Å². The molecule has 1 aromatic rings. The maximum absolute atomic E-state index is 12.1. The average Bonchev–Trinajstić information content (AvgIpc) is 2.51. The van der Waals surface area contributed by atoms with Crippen LogP contribution in [0.25, 0.3) is 0 Å². The fourth-order valence-corrected chi connectivity index (χ4v) is 2.14. The first-order chi connectivity index (χ1) is 10.1. The van der Waals surface area contributed by atoms with Crippen molar-refractivity contribution in [3.05, 3.63) is 47.0 Å². The van der Waals surface area contributed by atoms with E-state index in [1.54, 1.807) is 12.1 Å². The molecular weight excluding hydrogens is 290 g/mol. The molecule has 1 atom stereocenters. The lowest BCUT2D eigenvalue weighted by atomic mass is 9.89. The summed E-state index contributed by atoms with van der Waals surface area (Å²) in [5.41, 5.74) is -0.351. The maximum Gasteiger partial charge on any atom is 0.220 e. The van der Waals surface area contributed by atoms with Gasteiger partial charge in [0.2, 0.25) is 5.78 Å². The first-order valence-electron chi connectivity index (χ1n) is 5.96. The molecule has 0 bridgehead atoms. The lowest BCUT2D eigenvalue weighted by Gasteiger charge is -2.16. The quantitative estimate of drug-likeness (QED) is 0.777. The summed E-state index contributed by atoms with van der Waals surface area (Å²) < 4.78 is 0. The molecule has 0 N–H and O–H groups in total. The normalized spacial score (nSPS) is 20.3. The van der Waals surface area contributed by atoms with Crippen molar-refractivity contribution in [2.75, 3.05) is 0 Å². The highest BCUT2D eigenvalue weighted by Crippen LogP contribution is 2.21. The number of nitriles is 2. The van der Waals surface area contributed by atoms with Crippen molar-refractivity contribution in [1.29, 1.82) is 10.5 Å². The van der Waals surface area contributed by atoms with Crippen LogP contribution in [0.5, 0.6) is 0 Å². The second kappa shape index (κ2) is 6.13. The Morgan fingerprint density at radius 2 is 1.71 bits per heavy atom. The molecule has 0 amide bonds. The van der Waals surface area contributed by atoms with Gasteiger partial charge in [0.1, 0.15) is 34.4 Å². The van der Waals surface area contributed by atoms with Crippen LogP contribution in [-0.4, -0.2) is 22.7 Å². The van der Waals surface area contributed by atoms with Crippen LogP contribution >= 0.6 is 11.6 Å². The molecule has 0 saturated heterocycles. The fourth-order valence-electron chi connectivity index (χ4n) is 1.86. The first kappa shape index (κ1) is 14.6. The molecule has 1 aliphatic rings. The Hall–Kier alpha value is -2.76. The molecule has 2 rings (SSSR count). The van der Waals surface area contributed by atoms with Crippen LogP contribution < -0.4 is 0 Å². The van der Waals surface area contributed by atoms with E-state index in [2.05, 4.69) is 4.99 Å². The Morgan fingerprint density at radius 1 is 1.10 bits per heavy atom. The van der Waals surface area contributed by atoms with E-state index in [1.807, 2.05) is 30.3 Å². The molecule has 102 valence electrons. The van der Waals surface area contributed by atoms with Gasteiger partial charge < -0.3 is 0 Å². The van der Waals surface area contributed by atoms with Gasteiger partial charge in [0.25, 0.3) is 0 Å². The molecule has 1 aliphatic carbocycles. The van der Waals surface area contributed by atoms with Crippen LogP contribution in [0.15, 0.2) is 46.5 Å². The Bertz CT molecular complexity index is 751. The highest BCUT2D eigenvalue weighted by Gasteiger charge is 2.39. The van der Waals surface area contributed by atoms with Crippen molar-refractivity contribution < 1.29 is 9.59 Å². The largest absolute Gasteiger partial charge is 0.291 e. The van der Waals surface area contributed by atoms with Gasteiger partial charge >= 0.3 is 0 Å². The van der Waals surface area contributed by atoms with Gasteiger partial charge in [-0.3, -0.25) is 14.6 Å². The summed E-state index contributed by atoms with van der Waals surface area (Å²) in [6.07, 6.45) is 0. The summed E-state index contributed by atoms with van der Waals surface area (Å²) in [5, 5.41) is 16.5. The van der Waals surface area contributed by atoms with Crippen LogP contribution in [0.4, 0.5) is 0 Å². The third kappa shape index (κ3) is 2.74. The van der Waals surface area contributed by atoms with E-state index < -0.39 is 28.1 Å². The van der Waals surface area contributed by atoms with Crippen molar-refractivity contribution in [2.24, 2.45) is 4.99 Å². The maximum atomic E-state index is 12.1. The highest BCUT2D eigenvalue weighted by molar-refractivity contribution is 6.65. The minimum atomic E-state index is -1.33. The number of rotatable bonds is 2. The molecule has 21 heavy (non-hydrogen) atoms. The van der Waals surface area contributed by atoms with E-state index in [4.69, 9.17) is 22.1 Å².